The van der Waals surface area contributed by atoms with Crippen LogP contribution < -0.4 is 5.69 Å². The number of halogens is 1. The van der Waals surface area contributed by atoms with E-state index in [2.05, 4.69) is 10.4 Å². The molecule has 1 aromatic carbocycles. The first-order valence-corrected chi connectivity index (χ1v) is 4.32. The van der Waals surface area contributed by atoms with E-state index in [0.29, 0.717) is 10.7 Å². The molecule has 1 aromatic heterocycles. The first kappa shape index (κ1) is 8.96. The molecule has 0 N–H and O–H groups in total. The Hall–Kier alpha value is -1.62. The van der Waals surface area contributed by atoms with Crippen molar-refractivity contribution in [3.8, 4) is 5.69 Å². The minimum Gasteiger partial charge on any atom is -0.244 e. The number of aryl methyl sites for hydroxylation is 1. The standard InChI is InChI=1S/C8H7ClN4O/c1-12-8(14)13(11-10-12)7-5-3-2-4-6(7)9/h2-5H,1H3. The lowest BCUT2D eigenvalue weighted by Crippen LogP contribution is -2.22. The summed E-state index contributed by atoms with van der Waals surface area (Å²) in [7, 11) is 1.53. The van der Waals surface area contributed by atoms with E-state index in [1.807, 2.05) is 0 Å². The van der Waals surface area contributed by atoms with Crippen LogP contribution in [0.25, 0.3) is 5.69 Å². The summed E-state index contributed by atoms with van der Waals surface area (Å²) in [6.45, 7) is 0. The van der Waals surface area contributed by atoms with Crippen molar-refractivity contribution in [2.24, 2.45) is 7.05 Å². The molecule has 0 aliphatic rings. The summed E-state index contributed by atoms with van der Waals surface area (Å²) in [5.74, 6) is 0. The number of hydrogen-bond donors (Lipinski definition) is 0. The Morgan fingerprint density at radius 2 is 2.00 bits per heavy atom. The normalized spacial score (nSPS) is 10.4. The number of nitrogens with zero attached hydrogens (tertiary/aromatic N) is 4. The van der Waals surface area contributed by atoms with Gasteiger partial charge in [-0.25, -0.2) is 4.79 Å². The zero-order valence-electron chi connectivity index (χ0n) is 7.38. The van der Waals surface area contributed by atoms with E-state index >= 15 is 0 Å². The molecule has 0 saturated heterocycles. The quantitative estimate of drug-likeness (QED) is 0.694. The van der Waals surface area contributed by atoms with Crippen molar-refractivity contribution in [3.63, 3.8) is 0 Å². The second-order valence-electron chi connectivity index (χ2n) is 2.75. The maximum atomic E-state index is 11.5. The smallest absolute Gasteiger partial charge is 0.244 e. The van der Waals surface area contributed by atoms with E-state index in [9.17, 15) is 4.79 Å². The molecule has 6 heteroatoms. The number of hydrogen-bond acceptors (Lipinski definition) is 3. The van der Waals surface area contributed by atoms with E-state index in [4.69, 9.17) is 11.6 Å². The van der Waals surface area contributed by atoms with Gasteiger partial charge in [0.2, 0.25) is 0 Å². The van der Waals surface area contributed by atoms with Crippen molar-refractivity contribution in [2.45, 2.75) is 0 Å². The highest BCUT2D eigenvalue weighted by Gasteiger charge is 2.08. The molecule has 0 spiro atoms. The van der Waals surface area contributed by atoms with Crippen LogP contribution in [0, 0.1) is 0 Å². The van der Waals surface area contributed by atoms with Crippen molar-refractivity contribution in [2.75, 3.05) is 0 Å². The predicted molar refractivity (Wildman–Crippen MR) is 51.6 cm³/mol. The third kappa shape index (κ3) is 1.31. The second kappa shape index (κ2) is 3.26. The Bertz CT molecular complexity index is 516. The molecule has 72 valence electrons. The number of tetrazole rings is 1. The maximum absolute atomic E-state index is 11.5. The molecule has 14 heavy (non-hydrogen) atoms. The predicted octanol–water partition coefficient (Wildman–Crippen LogP) is 0.619. The summed E-state index contributed by atoms with van der Waals surface area (Å²) in [5, 5.41) is 7.74. The van der Waals surface area contributed by atoms with E-state index in [0.717, 1.165) is 9.36 Å². The molecule has 1 heterocycles. The average Bonchev–Trinajstić information content (AvgIpc) is 2.49. The maximum Gasteiger partial charge on any atom is 0.368 e. The highest BCUT2D eigenvalue weighted by atomic mass is 35.5. The molecule has 2 rings (SSSR count). The molecule has 0 saturated carbocycles. The third-order valence-electron chi connectivity index (χ3n) is 1.80. The van der Waals surface area contributed by atoms with Gasteiger partial charge < -0.3 is 0 Å². The van der Waals surface area contributed by atoms with Gasteiger partial charge in [-0.2, -0.15) is 9.36 Å². The molecule has 2 aromatic rings. The summed E-state index contributed by atoms with van der Waals surface area (Å²) in [6, 6.07) is 6.96. The molecular formula is C8H7ClN4O. The first-order chi connectivity index (χ1) is 6.70. The van der Waals surface area contributed by atoms with Gasteiger partial charge in [-0.3, -0.25) is 0 Å². The second-order valence-corrected chi connectivity index (χ2v) is 3.16. The van der Waals surface area contributed by atoms with Crippen LogP contribution in [-0.4, -0.2) is 19.8 Å². The van der Waals surface area contributed by atoms with Crippen LogP contribution in [-0.2, 0) is 7.05 Å². The number of benzene rings is 1. The third-order valence-corrected chi connectivity index (χ3v) is 2.12. The van der Waals surface area contributed by atoms with Gasteiger partial charge in [0.1, 0.15) is 0 Å². The Morgan fingerprint density at radius 3 is 2.57 bits per heavy atom. The highest BCUT2D eigenvalue weighted by molar-refractivity contribution is 6.32. The lowest BCUT2D eigenvalue weighted by atomic mass is 10.3. The Morgan fingerprint density at radius 1 is 1.29 bits per heavy atom. The SMILES string of the molecule is Cn1nnn(-c2ccccc2Cl)c1=O. The molecule has 0 fully saturated rings. The molecule has 5 nitrogen and oxygen atoms in total. The Balaban J connectivity index is 2.67. The first-order valence-electron chi connectivity index (χ1n) is 3.94. The zero-order valence-corrected chi connectivity index (χ0v) is 8.14. The van der Waals surface area contributed by atoms with Gasteiger partial charge in [-0.05, 0) is 22.6 Å². The largest absolute Gasteiger partial charge is 0.368 e. The summed E-state index contributed by atoms with van der Waals surface area (Å²) >= 11 is 5.90. The molecule has 0 amide bonds. The van der Waals surface area contributed by atoms with E-state index in [-0.39, 0.29) is 5.69 Å². The van der Waals surface area contributed by atoms with Gasteiger partial charge in [0.15, 0.2) is 0 Å². The van der Waals surface area contributed by atoms with Crippen LogP contribution in [0.4, 0.5) is 0 Å². The summed E-state index contributed by atoms with van der Waals surface area (Å²) in [5.41, 5.74) is 0.213. The van der Waals surface area contributed by atoms with Crippen LogP contribution in [0.15, 0.2) is 29.1 Å². The van der Waals surface area contributed by atoms with Gasteiger partial charge in [-0.15, -0.1) is 0 Å². The van der Waals surface area contributed by atoms with Crippen LogP contribution >= 0.6 is 11.6 Å². The molecule has 0 bridgehead atoms. The number of aromatic nitrogens is 4. The minimum atomic E-state index is -0.321. The van der Waals surface area contributed by atoms with Crippen LogP contribution in [0.3, 0.4) is 0 Å². The van der Waals surface area contributed by atoms with Gasteiger partial charge >= 0.3 is 5.69 Å². The summed E-state index contributed by atoms with van der Waals surface area (Å²) < 4.78 is 2.30. The van der Waals surface area contributed by atoms with Gasteiger partial charge in [0, 0.05) is 7.05 Å². The number of rotatable bonds is 1. The molecule has 0 unspecified atom stereocenters. The molecule has 0 atom stereocenters. The number of para-hydroxylation sites is 1. The molecule has 0 aliphatic carbocycles. The van der Waals surface area contributed by atoms with Crippen molar-refractivity contribution in [3.05, 3.63) is 39.8 Å². The van der Waals surface area contributed by atoms with Crippen molar-refractivity contribution in [1.29, 1.82) is 0 Å². The van der Waals surface area contributed by atoms with Crippen LogP contribution in [0.1, 0.15) is 0 Å². The van der Waals surface area contributed by atoms with Crippen molar-refractivity contribution < 1.29 is 0 Å². The van der Waals surface area contributed by atoms with Crippen LogP contribution in [0.5, 0.6) is 0 Å². The average molecular weight is 211 g/mol. The minimum absolute atomic E-state index is 0.321. The van der Waals surface area contributed by atoms with Crippen molar-refractivity contribution >= 4 is 11.6 Å². The highest BCUT2D eigenvalue weighted by Crippen LogP contribution is 2.16. The Labute approximate surface area is 84.5 Å². The topological polar surface area (TPSA) is 52.7 Å². The fourth-order valence-corrected chi connectivity index (χ4v) is 1.30. The molecular weight excluding hydrogens is 204 g/mol. The van der Waals surface area contributed by atoms with Gasteiger partial charge in [0.05, 0.1) is 10.7 Å². The lowest BCUT2D eigenvalue weighted by Gasteiger charge is -1.99. The lowest BCUT2D eigenvalue weighted by molar-refractivity contribution is 0.693. The summed E-state index contributed by atoms with van der Waals surface area (Å²) in [6.07, 6.45) is 0. The van der Waals surface area contributed by atoms with Crippen molar-refractivity contribution in [1.82, 2.24) is 19.8 Å². The van der Waals surface area contributed by atoms with Gasteiger partial charge in [0.25, 0.3) is 0 Å². The fourth-order valence-electron chi connectivity index (χ4n) is 1.09. The van der Waals surface area contributed by atoms with E-state index in [1.54, 1.807) is 24.3 Å². The molecule has 0 radical (unpaired) electrons. The van der Waals surface area contributed by atoms with E-state index < -0.39 is 0 Å². The molecule has 0 aliphatic heterocycles. The zero-order chi connectivity index (χ0) is 10.1. The fraction of sp³-hybridized carbons (Fsp3) is 0.125. The summed E-state index contributed by atoms with van der Waals surface area (Å²) in [4.78, 5) is 11.5. The monoisotopic (exact) mass is 210 g/mol. The Kier molecular flexibility index (Phi) is 2.09. The van der Waals surface area contributed by atoms with E-state index in [1.165, 1.54) is 7.05 Å². The van der Waals surface area contributed by atoms with Crippen LogP contribution in [0.2, 0.25) is 5.02 Å². The van der Waals surface area contributed by atoms with Gasteiger partial charge in [-0.1, -0.05) is 23.7 Å².